The molecule has 6 unspecified atom stereocenters. The van der Waals surface area contributed by atoms with Gasteiger partial charge in [-0.15, -0.1) is 0 Å². The van der Waals surface area contributed by atoms with Gasteiger partial charge < -0.3 is 39.4 Å². The van der Waals surface area contributed by atoms with Crippen molar-refractivity contribution in [1.82, 2.24) is 0 Å². The van der Waals surface area contributed by atoms with Crippen LogP contribution in [0.4, 0.5) is 0 Å². The van der Waals surface area contributed by atoms with Gasteiger partial charge in [0.25, 0.3) is 0 Å². The Bertz CT molecular complexity index is 1170. The van der Waals surface area contributed by atoms with E-state index in [2.05, 4.69) is 50.3 Å². The van der Waals surface area contributed by atoms with Gasteiger partial charge in [-0.05, 0) is 70.6 Å². The van der Waals surface area contributed by atoms with Crippen molar-refractivity contribution in [1.29, 1.82) is 0 Å². The summed E-state index contributed by atoms with van der Waals surface area (Å²) in [7, 11) is 0. The van der Waals surface area contributed by atoms with Crippen molar-refractivity contribution >= 4 is 5.97 Å². The Morgan fingerprint density at radius 2 is 0.829 bits per heavy atom. The highest BCUT2D eigenvalue weighted by molar-refractivity contribution is 5.69. The number of ether oxygens (including phenoxy) is 4. The third-order valence-corrected chi connectivity index (χ3v) is 14.0. The zero-order valence-electron chi connectivity index (χ0n) is 45.8. The molecule has 0 amide bonds. The summed E-state index contributed by atoms with van der Waals surface area (Å²) in [6.07, 6.45) is 59.1. The standard InChI is InChI=1S/C61H114O9/c1-3-5-7-9-11-13-15-17-19-21-23-25-26-27-28-29-31-33-35-37-39-41-43-45-47-49-51-67-53-55(54-68-61-60(66)59(65)58(64)56(52-62)70-61)69-57(63)50-48-46-44-42-40-38-36-34-32-30-24-22-20-18-16-14-12-10-8-6-4-2/h16,18,21-24,55-56,58-62,64-66H,3-15,17,19-20,25-54H2,1-2H3/b18-16-,23-21-,24-22-. The SMILES string of the molecule is CCCCCCC/C=C\C/C=C\CCCCCCCCCCCC(=O)OC(COCCCCCCCCCCCCCCCC/C=C\CCCCCCCCCC)COC1OC(CO)C(O)C(O)C1O. The summed E-state index contributed by atoms with van der Waals surface area (Å²) in [6, 6.07) is 0. The van der Waals surface area contributed by atoms with E-state index in [4.69, 9.17) is 18.9 Å². The van der Waals surface area contributed by atoms with Crippen molar-refractivity contribution in [2.45, 2.75) is 320 Å². The van der Waals surface area contributed by atoms with Crippen LogP contribution in [0.1, 0.15) is 284 Å². The largest absolute Gasteiger partial charge is 0.457 e. The number of hydrogen-bond acceptors (Lipinski definition) is 9. The van der Waals surface area contributed by atoms with Gasteiger partial charge >= 0.3 is 5.97 Å². The van der Waals surface area contributed by atoms with Crippen LogP contribution in [-0.4, -0.2) is 89.6 Å². The number of aliphatic hydroxyl groups excluding tert-OH is 4. The second kappa shape index (κ2) is 52.3. The Morgan fingerprint density at radius 1 is 0.457 bits per heavy atom. The van der Waals surface area contributed by atoms with Crippen LogP contribution in [0, 0.1) is 0 Å². The Labute approximate surface area is 431 Å². The molecule has 0 aromatic carbocycles. The zero-order valence-corrected chi connectivity index (χ0v) is 45.8. The molecule has 0 aromatic heterocycles. The van der Waals surface area contributed by atoms with E-state index < -0.39 is 43.4 Å². The second-order valence-corrected chi connectivity index (χ2v) is 20.8. The molecule has 6 atom stereocenters. The van der Waals surface area contributed by atoms with Crippen molar-refractivity contribution in [3.8, 4) is 0 Å². The highest BCUT2D eigenvalue weighted by Crippen LogP contribution is 2.23. The van der Waals surface area contributed by atoms with Gasteiger partial charge in [0.2, 0.25) is 0 Å². The third-order valence-electron chi connectivity index (χ3n) is 14.0. The summed E-state index contributed by atoms with van der Waals surface area (Å²) in [4.78, 5) is 12.9. The third kappa shape index (κ3) is 41.8. The Hall–Kier alpha value is -1.59. The van der Waals surface area contributed by atoms with Crippen LogP contribution in [0.2, 0.25) is 0 Å². The summed E-state index contributed by atoms with van der Waals surface area (Å²) in [5.74, 6) is -0.313. The monoisotopic (exact) mass is 991 g/mol. The molecule has 0 saturated carbocycles. The molecule has 1 aliphatic heterocycles. The smallest absolute Gasteiger partial charge is 0.306 e. The minimum absolute atomic E-state index is 0.112. The number of unbranched alkanes of at least 4 members (excludes halogenated alkanes) is 36. The first-order valence-corrected chi connectivity index (χ1v) is 30.1. The van der Waals surface area contributed by atoms with E-state index in [-0.39, 0.29) is 19.2 Å². The molecule has 0 spiro atoms. The molecule has 0 aliphatic carbocycles. The molecule has 1 heterocycles. The number of esters is 1. The van der Waals surface area contributed by atoms with Gasteiger partial charge in [0, 0.05) is 13.0 Å². The van der Waals surface area contributed by atoms with Crippen molar-refractivity contribution in [2.24, 2.45) is 0 Å². The summed E-state index contributed by atoms with van der Waals surface area (Å²) in [5, 5.41) is 40.4. The van der Waals surface area contributed by atoms with Gasteiger partial charge in [-0.1, -0.05) is 243 Å². The van der Waals surface area contributed by atoms with Crippen LogP contribution in [-0.2, 0) is 23.7 Å². The summed E-state index contributed by atoms with van der Waals surface area (Å²) < 4.78 is 23.0. The predicted molar refractivity (Wildman–Crippen MR) is 293 cm³/mol. The van der Waals surface area contributed by atoms with Gasteiger partial charge in [-0.25, -0.2) is 0 Å². The van der Waals surface area contributed by atoms with Crippen LogP contribution in [0.3, 0.4) is 0 Å². The highest BCUT2D eigenvalue weighted by atomic mass is 16.7. The first-order chi connectivity index (χ1) is 34.4. The van der Waals surface area contributed by atoms with E-state index in [0.29, 0.717) is 13.0 Å². The van der Waals surface area contributed by atoms with E-state index in [9.17, 15) is 25.2 Å². The van der Waals surface area contributed by atoms with Crippen LogP contribution in [0.5, 0.6) is 0 Å². The minimum Gasteiger partial charge on any atom is -0.457 e. The van der Waals surface area contributed by atoms with Crippen molar-refractivity contribution in [2.75, 3.05) is 26.4 Å². The maximum Gasteiger partial charge on any atom is 0.306 e. The summed E-state index contributed by atoms with van der Waals surface area (Å²) in [6.45, 7) is 4.59. The number of carbonyl (C=O) groups excluding carboxylic acids is 1. The fourth-order valence-corrected chi connectivity index (χ4v) is 9.34. The lowest BCUT2D eigenvalue weighted by atomic mass is 9.99. The van der Waals surface area contributed by atoms with Crippen LogP contribution < -0.4 is 0 Å². The number of rotatable bonds is 53. The Morgan fingerprint density at radius 3 is 1.24 bits per heavy atom. The number of aliphatic hydroxyl groups is 4. The average molecular weight is 992 g/mol. The second-order valence-electron chi connectivity index (χ2n) is 20.8. The first-order valence-electron chi connectivity index (χ1n) is 30.1. The van der Waals surface area contributed by atoms with Gasteiger partial charge in [0.15, 0.2) is 6.29 Å². The molecular weight excluding hydrogens is 877 g/mol. The van der Waals surface area contributed by atoms with Crippen LogP contribution in [0.25, 0.3) is 0 Å². The molecule has 0 radical (unpaired) electrons. The van der Waals surface area contributed by atoms with Crippen LogP contribution in [0.15, 0.2) is 36.5 Å². The Kier molecular flexibility index (Phi) is 49.6. The first kappa shape index (κ1) is 66.4. The predicted octanol–water partition coefficient (Wildman–Crippen LogP) is 15.8. The number of hydrogen-bond donors (Lipinski definition) is 4. The molecule has 0 aromatic rings. The molecule has 4 N–H and O–H groups in total. The normalized spacial score (nSPS) is 19.1. The summed E-state index contributed by atoms with van der Waals surface area (Å²) in [5.41, 5.74) is 0. The summed E-state index contributed by atoms with van der Waals surface area (Å²) >= 11 is 0. The van der Waals surface area contributed by atoms with E-state index in [1.165, 1.54) is 225 Å². The quantitative estimate of drug-likeness (QED) is 0.0267. The number of allylic oxidation sites excluding steroid dienone is 6. The van der Waals surface area contributed by atoms with Gasteiger partial charge in [0.05, 0.1) is 19.8 Å². The molecule has 9 heteroatoms. The van der Waals surface area contributed by atoms with Gasteiger partial charge in [0.1, 0.15) is 30.5 Å². The topological polar surface area (TPSA) is 135 Å². The van der Waals surface area contributed by atoms with E-state index in [1.54, 1.807) is 0 Å². The minimum atomic E-state index is -1.54. The lowest BCUT2D eigenvalue weighted by molar-refractivity contribution is -0.305. The molecule has 1 aliphatic rings. The molecular formula is C61H114O9. The van der Waals surface area contributed by atoms with E-state index in [1.807, 2.05) is 0 Å². The van der Waals surface area contributed by atoms with Crippen molar-refractivity contribution in [3.05, 3.63) is 36.5 Å². The molecule has 1 fully saturated rings. The molecule has 0 bridgehead atoms. The molecule has 1 rings (SSSR count). The maximum atomic E-state index is 12.9. The van der Waals surface area contributed by atoms with E-state index in [0.717, 1.165) is 38.5 Å². The fraction of sp³-hybridized carbons (Fsp3) is 0.885. The zero-order chi connectivity index (χ0) is 50.6. The Balaban J connectivity index is 2.13. The highest BCUT2D eigenvalue weighted by Gasteiger charge is 2.44. The van der Waals surface area contributed by atoms with Gasteiger partial charge in [-0.2, -0.15) is 0 Å². The van der Waals surface area contributed by atoms with Gasteiger partial charge in [-0.3, -0.25) is 4.79 Å². The average Bonchev–Trinajstić information content (AvgIpc) is 3.36. The van der Waals surface area contributed by atoms with Crippen molar-refractivity contribution < 1.29 is 44.2 Å². The molecule has 9 nitrogen and oxygen atoms in total. The lowest BCUT2D eigenvalue weighted by Gasteiger charge is -2.39. The molecule has 412 valence electrons. The molecule has 1 saturated heterocycles. The fourth-order valence-electron chi connectivity index (χ4n) is 9.34. The van der Waals surface area contributed by atoms with E-state index >= 15 is 0 Å². The van der Waals surface area contributed by atoms with Crippen LogP contribution >= 0.6 is 0 Å². The number of carbonyl (C=O) groups is 1. The maximum absolute atomic E-state index is 12.9. The van der Waals surface area contributed by atoms with Crippen molar-refractivity contribution in [3.63, 3.8) is 0 Å². The lowest BCUT2D eigenvalue weighted by Crippen LogP contribution is -2.59. The molecule has 70 heavy (non-hydrogen) atoms.